The zero-order valence-electron chi connectivity index (χ0n) is 11.1. The second kappa shape index (κ2) is 6.07. The van der Waals surface area contributed by atoms with Gasteiger partial charge in [0.25, 0.3) is 0 Å². The fourth-order valence-corrected chi connectivity index (χ4v) is 2.32. The molecule has 3 nitrogen and oxygen atoms in total. The molecule has 0 spiro atoms. The fourth-order valence-electron chi connectivity index (χ4n) is 1.91. The van der Waals surface area contributed by atoms with E-state index >= 15 is 0 Å². The quantitative estimate of drug-likeness (QED) is 0.839. The van der Waals surface area contributed by atoms with Crippen LogP contribution in [0.4, 0.5) is 0 Å². The van der Waals surface area contributed by atoms with Crippen molar-refractivity contribution in [1.29, 1.82) is 0 Å². The number of hydrogen-bond donors (Lipinski definition) is 1. The number of aryl methyl sites for hydroxylation is 2. The van der Waals surface area contributed by atoms with E-state index in [0.717, 1.165) is 18.8 Å². The van der Waals surface area contributed by atoms with Crippen LogP contribution in [0.15, 0.2) is 35.4 Å². The second-order valence-electron chi connectivity index (χ2n) is 4.37. The Kier molecular flexibility index (Phi) is 4.44. The molecule has 0 amide bonds. The van der Waals surface area contributed by atoms with Gasteiger partial charge in [0.1, 0.15) is 0 Å². The van der Waals surface area contributed by atoms with Gasteiger partial charge in [0.05, 0.1) is 5.69 Å². The highest BCUT2D eigenvalue weighted by Crippen LogP contribution is 2.14. The normalized spacial score (nSPS) is 10.8. The van der Waals surface area contributed by atoms with Crippen molar-refractivity contribution in [3.8, 4) is 0 Å². The minimum Gasteiger partial charge on any atom is -0.308 e. The lowest BCUT2D eigenvalue weighted by Crippen LogP contribution is -2.12. The summed E-state index contributed by atoms with van der Waals surface area (Å²) in [4.78, 5) is 1.31. The highest BCUT2D eigenvalue weighted by atomic mass is 32.2. The number of nitrogens with one attached hydrogen (secondary N) is 1. The van der Waals surface area contributed by atoms with Crippen molar-refractivity contribution in [2.24, 2.45) is 7.05 Å². The van der Waals surface area contributed by atoms with E-state index in [4.69, 9.17) is 0 Å². The maximum Gasteiger partial charge on any atom is 0.0638 e. The molecule has 2 rings (SSSR count). The van der Waals surface area contributed by atoms with Crippen LogP contribution in [0.25, 0.3) is 0 Å². The number of hydrogen-bond acceptors (Lipinski definition) is 3. The number of rotatable bonds is 5. The Balaban J connectivity index is 1.86. The molecule has 2 aromatic rings. The first-order valence-corrected chi connectivity index (χ1v) is 7.24. The molecule has 0 aliphatic heterocycles. The summed E-state index contributed by atoms with van der Waals surface area (Å²) in [5, 5.41) is 7.78. The topological polar surface area (TPSA) is 29.9 Å². The Labute approximate surface area is 113 Å². The summed E-state index contributed by atoms with van der Waals surface area (Å²) in [5.41, 5.74) is 3.68. The first-order valence-electron chi connectivity index (χ1n) is 6.02. The van der Waals surface area contributed by atoms with Crippen LogP contribution in [0.1, 0.15) is 16.8 Å². The number of aromatic nitrogens is 2. The van der Waals surface area contributed by atoms with Gasteiger partial charge in [0.15, 0.2) is 0 Å². The van der Waals surface area contributed by atoms with E-state index in [1.54, 1.807) is 11.8 Å². The van der Waals surface area contributed by atoms with Crippen LogP contribution < -0.4 is 5.32 Å². The van der Waals surface area contributed by atoms with Crippen LogP contribution in [-0.4, -0.2) is 16.0 Å². The van der Waals surface area contributed by atoms with Crippen LogP contribution >= 0.6 is 11.8 Å². The summed E-state index contributed by atoms with van der Waals surface area (Å²) in [7, 11) is 1.96. The first kappa shape index (κ1) is 13.2. The first-order chi connectivity index (χ1) is 8.69. The third-order valence-electron chi connectivity index (χ3n) is 2.92. The van der Waals surface area contributed by atoms with Gasteiger partial charge in [-0.3, -0.25) is 4.68 Å². The molecule has 1 aromatic carbocycles. The molecule has 1 aromatic heterocycles. The molecular formula is C14H19N3S. The van der Waals surface area contributed by atoms with Crippen molar-refractivity contribution in [2.75, 3.05) is 6.26 Å². The smallest absolute Gasteiger partial charge is 0.0638 e. The maximum atomic E-state index is 4.33. The number of benzene rings is 1. The highest BCUT2D eigenvalue weighted by molar-refractivity contribution is 7.98. The van der Waals surface area contributed by atoms with Crippen molar-refractivity contribution in [3.05, 3.63) is 47.3 Å². The van der Waals surface area contributed by atoms with Gasteiger partial charge in [-0.05, 0) is 30.9 Å². The van der Waals surface area contributed by atoms with Crippen LogP contribution in [0.5, 0.6) is 0 Å². The standard InChI is InChI=1S/C14H19N3S/c1-11-13(10-17(2)16-11)9-15-8-12-4-6-14(18-3)7-5-12/h4-7,10,15H,8-9H2,1-3H3. The fraction of sp³-hybridized carbons (Fsp3) is 0.357. The molecule has 0 saturated carbocycles. The lowest BCUT2D eigenvalue weighted by atomic mass is 10.2. The average molecular weight is 261 g/mol. The van der Waals surface area contributed by atoms with Crippen molar-refractivity contribution in [1.82, 2.24) is 15.1 Å². The van der Waals surface area contributed by atoms with Crippen molar-refractivity contribution in [2.45, 2.75) is 24.9 Å². The molecule has 0 bridgehead atoms. The summed E-state index contributed by atoms with van der Waals surface area (Å²) in [5.74, 6) is 0. The van der Waals surface area contributed by atoms with E-state index < -0.39 is 0 Å². The van der Waals surface area contributed by atoms with Gasteiger partial charge in [-0.1, -0.05) is 12.1 Å². The minimum absolute atomic E-state index is 0.865. The van der Waals surface area contributed by atoms with Gasteiger partial charge in [-0.25, -0.2) is 0 Å². The molecule has 1 N–H and O–H groups in total. The van der Waals surface area contributed by atoms with Crippen molar-refractivity contribution < 1.29 is 0 Å². The second-order valence-corrected chi connectivity index (χ2v) is 5.24. The summed E-state index contributed by atoms with van der Waals surface area (Å²) >= 11 is 1.77. The highest BCUT2D eigenvalue weighted by Gasteiger charge is 2.02. The van der Waals surface area contributed by atoms with Gasteiger partial charge >= 0.3 is 0 Å². The molecular weight excluding hydrogens is 242 g/mol. The molecule has 4 heteroatoms. The van der Waals surface area contributed by atoms with Crippen molar-refractivity contribution >= 4 is 11.8 Å². The van der Waals surface area contributed by atoms with Gasteiger partial charge < -0.3 is 5.32 Å². The van der Waals surface area contributed by atoms with E-state index in [-0.39, 0.29) is 0 Å². The molecule has 0 fully saturated rings. The Bertz CT molecular complexity index is 502. The largest absolute Gasteiger partial charge is 0.308 e. The van der Waals surface area contributed by atoms with Gasteiger partial charge in [0.2, 0.25) is 0 Å². The zero-order chi connectivity index (χ0) is 13.0. The molecule has 0 saturated heterocycles. The van der Waals surface area contributed by atoms with Gasteiger partial charge in [-0.2, -0.15) is 5.10 Å². The molecule has 18 heavy (non-hydrogen) atoms. The molecule has 0 atom stereocenters. The third-order valence-corrected chi connectivity index (χ3v) is 3.66. The lowest BCUT2D eigenvalue weighted by molar-refractivity contribution is 0.690. The Hall–Kier alpha value is -1.26. The van der Waals surface area contributed by atoms with Crippen LogP contribution in [0.3, 0.4) is 0 Å². The monoisotopic (exact) mass is 261 g/mol. The van der Waals surface area contributed by atoms with E-state index in [2.05, 4.69) is 47.1 Å². The molecule has 1 heterocycles. The number of thioether (sulfide) groups is 1. The van der Waals surface area contributed by atoms with E-state index in [9.17, 15) is 0 Å². The molecule has 0 radical (unpaired) electrons. The predicted octanol–water partition coefficient (Wildman–Crippen LogP) is 2.74. The minimum atomic E-state index is 0.865. The Morgan fingerprint density at radius 2 is 1.94 bits per heavy atom. The number of nitrogens with zero attached hydrogens (tertiary/aromatic N) is 2. The SMILES string of the molecule is CSc1ccc(CNCc2cn(C)nc2C)cc1. The predicted molar refractivity (Wildman–Crippen MR) is 76.7 cm³/mol. The van der Waals surface area contributed by atoms with E-state index in [0.29, 0.717) is 0 Å². The third kappa shape index (κ3) is 3.37. The molecule has 0 unspecified atom stereocenters. The Morgan fingerprint density at radius 1 is 1.22 bits per heavy atom. The maximum absolute atomic E-state index is 4.33. The van der Waals surface area contributed by atoms with Crippen LogP contribution in [-0.2, 0) is 20.1 Å². The summed E-state index contributed by atoms with van der Waals surface area (Å²) in [6, 6.07) is 8.68. The van der Waals surface area contributed by atoms with Gasteiger partial charge in [0, 0.05) is 36.8 Å². The molecule has 96 valence electrons. The zero-order valence-corrected chi connectivity index (χ0v) is 11.9. The molecule has 0 aliphatic rings. The summed E-state index contributed by atoms with van der Waals surface area (Å²) < 4.78 is 1.86. The summed E-state index contributed by atoms with van der Waals surface area (Å²) in [6.07, 6.45) is 4.16. The summed E-state index contributed by atoms with van der Waals surface area (Å²) in [6.45, 7) is 3.80. The molecule has 0 aliphatic carbocycles. The lowest BCUT2D eigenvalue weighted by Gasteiger charge is -2.05. The van der Waals surface area contributed by atoms with E-state index in [1.165, 1.54) is 16.0 Å². The Morgan fingerprint density at radius 3 is 2.50 bits per heavy atom. The van der Waals surface area contributed by atoms with Crippen LogP contribution in [0, 0.1) is 6.92 Å². The van der Waals surface area contributed by atoms with Crippen molar-refractivity contribution in [3.63, 3.8) is 0 Å². The van der Waals surface area contributed by atoms with E-state index in [1.807, 2.05) is 18.7 Å². The van der Waals surface area contributed by atoms with Crippen LogP contribution in [0.2, 0.25) is 0 Å². The van der Waals surface area contributed by atoms with Gasteiger partial charge in [-0.15, -0.1) is 11.8 Å². The average Bonchev–Trinajstić information content (AvgIpc) is 2.69.